The highest BCUT2D eigenvalue weighted by atomic mass is 17.2. The average molecular weight is 953 g/mol. The molecule has 71 heavy (non-hydrogen) atoms. The van der Waals surface area contributed by atoms with Crippen LogP contribution in [0.5, 0.6) is 23.0 Å². The first-order valence-electron chi connectivity index (χ1n) is 26.0. The number of ether oxygens (including phenoxy) is 3. The fourth-order valence-corrected chi connectivity index (χ4v) is 10.5. The Labute approximate surface area is 422 Å². The molecule has 1 atom stereocenters. The zero-order valence-electron chi connectivity index (χ0n) is 42.8. The minimum atomic E-state index is -0.395. The Hall–Kier alpha value is -6.51. The summed E-state index contributed by atoms with van der Waals surface area (Å²) in [6, 6.07) is 36.1. The molecule has 0 fully saturated rings. The molecular formula is C63H72N2O6. The second kappa shape index (κ2) is 23.6. The average Bonchev–Trinajstić information content (AvgIpc) is 3.74. The first-order valence-corrected chi connectivity index (χ1v) is 26.0. The molecule has 8 nitrogen and oxygen atoms in total. The third-order valence-electron chi connectivity index (χ3n) is 14.1. The number of unbranched alkanes of at least 4 members (excludes halogenated alkanes) is 8. The maximum atomic E-state index is 13.6. The van der Waals surface area contributed by atoms with Gasteiger partial charge in [0.05, 0.1) is 42.6 Å². The van der Waals surface area contributed by atoms with Crippen molar-refractivity contribution in [2.45, 2.75) is 141 Å². The highest BCUT2D eigenvalue weighted by molar-refractivity contribution is 5.91. The molecule has 1 unspecified atom stereocenters. The minimum Gasteiger partial charge on any atom is -0.492 e. The zero-order valence-corrected chi connectivity index (χ0v) is 42.8. The van der Waals surface area contributed by atoms with E-state index in [1.54, 1.807) is 12.4 Å². The monoisotopic (exact) mass is 953 g/mol. The van der Waals surface area contributed by atoms with Gasteiger partial charge < -0.3 is 19.1 Å². The Morgan fingerprint density at radius 2 is 1.00 bits per heavy atom. The van der Waals surface area contributed by atoms with Crippen LogP contribution in [-0.2, 0) is 27.7 Å². The Balaban J connectivity index is 0.867. The van der Waals surface area contributed by atoms with Gasteiger partial charge >= 0.3 is 5.97 Å². The third-order valence-corrected chi connectivity index (χ3v) is 14.1. The van der Waals surface area contributed by atoms with Crippen LogP contribution in [0.15, 0.2) is 122 Å². The van der Waals surface area contributed by atoms with Gasteiger partial charge in [0.25, 0.3) is 0 Å². The molecule has 0 saturated heterocycles. The quantitative estimate of drug-likeness (QED) is 0.0195. The summed E-state index contributed by atoms with van der Waals surface area (Å²) < 4.78 is 17.9. The molecule has 2 aliphatic rings. The van der Waals surface area contributed by atoms with E-state index >= 15 is 0 Å². The van der Waals surface area contributed by atoms with Crippen molar-refractivity contribution in [3.8, 4) is 23.0 Å². The normalized spacial score (nSPS) is 16.4. The number of esters is 1. The van der Waals surface area contributed by atoms with Crippen LogP contribution in [-0.4, -0.2) is 29.2 Å². The largest absolute Gasteiger partial charge is 0.492 e. The van der Waals surface area contributed by atoms with Crippen LogP contribution in [0, 0.1) is 0 Å². The van der Waals surface area contributed by atoms with Crippen molar-refractivity contribution in [3.63, 3.8) is 0 Å². The van der Waals surface area contributed by atoms with E-state index in [-0.39, 0.29) is 16.2 Å². The predicted molar refractivity (Wildman–Crippen MR) is 287 cm³/mol. The molecule has 2 aliphatic carbocycles. The molecular weight excluding hydrogens is 881 g/mol. The van der Waals surface area contributed by atoms with Crippen LogP contribution >= 0.6 is 0 Å². The Morgan fingerprint density at radius 3 is 1.51 bits per heavy atom. The van der Waals surface area contributed by atoms with Gasteiger partial charge in [-0.2, -0.15) is 4.89 Å². The molecule has 0 amide bonds. The second-order valence-electron chi connectivity index (χ2n) is 20.7. The molecule has 4 aromatic carbocycles. The molecule has 2 heterocycles. The lowest BCUT2D eigenvalue weighted by atomic mass is 9.72. The summed E-state index contributed by atoms with van der Waals surface area (Å²) in [7, 11) is 0. The first kappa shape index (κ1) is 50.9. The summed E-state index contributed by atoms with van der Waals surface area (Å²) >= 11 is 0. The fourth-order valence-electron chi connectivity index (χ4n) is 10.5. The van der Waals surface area contributed by atoms with Gasteiger partial charge in [-0.25, -0.2) is 4.79 Å². The molecule has 0 N–H and O–H groups in total. The van der Waals surface area contributed by atoms with E-state index < -0.39 is 5.97 Å². The van der Waals surface area contributed by atoms with E-state index in [2.05, 4.69) is 106 Å². The molecule has 0 saturated carbocycles. The Morgan fingerprint density at radius 1 is 0.521 bits per heavy atom. The van der Waals surface area contributed by atoms with Gasteiger partial charge in [-0.1, -0.05) is 154 Å². The number of hydrogen-bond acceptors (Lipinski definition) is 8. The Kier molecular flexibility index (Phi) is 16.9. The lowest BCUT2D eigenvalue weighted by Gasteiger charge is -2.30. The van der Waals surface area contributed by atoms with Crippen LogP contribution in [0.4, 0.5) is 0 Å². The number of carbonyl (C=O) groups excluding carboxylic acids is 1. The second-order valence-corrected chi connectivity index (χ2v) is 20.7. The third kappa shape index (κ3) is 13.1. The van der Waals surface area contributed by atoms with Gasteiger partial charge in [-0.3, -0.25) is 9.97 Å². The van der Waals surface area contributed by atoms with E-state index in [1.807, 2.05) is 78.9 Å². The van der Waals surface area contributed by atoms with E-state index in [0.717, 1.165) is 71.9 Å². The van der Waals surface area contributed by atoms with Crippen LogP contribution in [0.1, 0.15) is 179 Å². The van der Waals surface area contributed by atoms with E-state index in [0.29, 0.717) is 30.3 Å². The highest BCUT2D eigenvalue weighted by Gasteiger charge is 2.56. The van der Waals surface area contributed by atoms with Crippen molar-refractivity contribution >= 4 is 30.3 Å². The van der Waals surface area contributed by atoms with Crippen molar-refractivity contribution < 1.29 is 28.8 Å². The smallest absolute Gasteiger partial charge is 0.343 e. The van der Waals surface area contributed by atoms with Crippen LogP contribution in [0.3, 0.4) is 0 Å². The lowest BCUT2D eigenvalue weighted by Crippen LogP contribution is -2.27. The van der Waals surface area contributed by atoms with E-state index in [4.69, 9.17) is 24.0 Å². The van der Waals surface area contributed by atoms with Crippen molar-refractivity contribution in [1.29, 1.82) is 0 Å². The SMILES string of the molecule is CCCCCCCOc1ccc(/C=C/c2ccc(COOc3ccc4c(c3)C3(CC4(C)C)CC(C)(C)c4ccc(OC(=O)c5ccc(/C=C/c6ccc(OCCCCCCC)cn6)cc5)cc43)cc2)nc1. The molecule has 0 bridgehead atoms. The number of pyridine rings is 2. The van der Waals surface area contributed by atoms with Crippen molar-refractivity contribution in [1.82, 2.24) is 9.97 Å². The van der Waals surface area contributed by atoms with Gasteiger partial charge in [0.15, 0.2) is 5.75 Å². The number of carbonyl (C=O) groups is 1. The van der Waals surface area contributed by atoms with Crippen LogP contribution in [0.2, 0.25) is 0 Å². The van der Waals surface area contributed by atoms with Gasteiger partial charge in [0.1, 0.15) is 23.9 Å². The molecule has 1 spiro atoms. The number of nitrogens with zero attached hydrogens (tertiary/aromatic N) is 2. The summed E-state index contributed by atoms with van der Waals surface area (Å²) in [5, 5.41) is 0. The maximum absolute atomic E-state index is 13.6. The minimum absolute atomic E-state index is 0.0895. The summed E-state index contributed by atoms with van der Waals surface area (Å²) in [4.78, 5) is 34.6. The number of hydrogen-bond donors (Lipinski definition) is 0. The maximum Gasteiger partial charge on any atom is 0.343 e. The van der Waals surface area contributed by atoms with Crippen molar-refractivity contribution in [2.75, 3.05) is 13.2 Å². The Bertz CT molecular complexity index is 2730. The highest BCUT2D eigenvalue weighted by Crippen LogP contribution is 2.63. The first-order chi connectivity index (χ1) is 34.4. The molecule has 0 radical (unpaired) electrons. The van der Waals surface area contributed by atoms with Gasteiger partial charge in [-0.05, 0) is 148 Å². The number of aromatic nitrogens is 2. The molecule has 2 aromatic heterocycles. The van der Waals surface area contributed by atoms with Gasteiger partial charge in [0, 0.05) is 5.41 Å². The molecule has 8 rings (SSSR count). The van der Waals surface area contributed by atoms with E-state index in [9.17, 15) is 4.79 Å². The van der Waals surface area contributed by atoms with Crippen molar-refractivity contribution in [2.24, 2.45) is 0 Å². The summed E-state index contributed by atoms with van der Waals surface area (Å²) in [6.07, 6.45) is 25.5. The summed E-state index contributed by atoms with van der Waals surface area (Å²) in [5.41, 5.74) is 9.73. The lowest BCUT2D eigenvalue weighted by molar-refractivity contribution is -0.217. The molecule has 0 aliphatic heterocycles. The number of rotatable bonds is 24. The standard InChI is InChI=1S/C63H72N2O6/c1-7-9-11-13-15-37-67-54-31-29-50(64-41-54)27-23-46-17-19-48(20-18-46)43-69-71-53-34-36-57-59(40-53)63(45-62(57,5)6)44-61(3,4)56-35-33-52(39-58(56)63)70-60(66)49-25-21-47(22-26-49)24-28-51-30-32-55(42-65-51)68-38-16-14-12-10-8-2/h17-36,39-42H,7-16,37-38,43-45H2,1-6H3/b27-23+,28-24+. The predicted octanol–water partition coefficient (Wildman–Crippen LogP) is 15.9. The van der Waals surface area contributed by atoms with Crippen LogP contribution in [0.25, 0.3) is 24.3 Å². The molecule has 8 heteroatoms. The van der Waals surface area contributed by atoms with Gasteiger partial charge in [-0.15, -0.1) is 0 Å². The van der Waals surface area contributed by atoms with Crippen molar-refractivity contribution in [3.05, 3.63) is 177 Å². The summed E-state index contributed by atoms with van der Waals surface area (Å²) in [6.45, 7) is 15.5. The zero-order chi connectivity index (χ0) is 49.7. The summed E-state index contributed by atoms with van der Waals surface area (Å²) in [5.74, 6) is 2.39. The van der Waals surface area contributed by atoms with Crippen LogP contribution < -0.4 is 19.1 Å². The fraction of sp³-hybridized carbons (Fsp3) is 0.381. The molecule has 370 valence electrons. The molecule has 6 aromatic rings. The number of benzene rings is 4. The topological polar surface area (TPSA) is 89.0 Å². The van der Waals surface area contributed by atoms with Gasteiger partial charge in [0.2, 0.25) is 0 Å². The van der Waals surface area contributed by atoms with E-state index in [1.165, 1.54) is 73.6 Å². The number of fused-ring (bicyclic) bond motifs is 4.